The largest absolute Gasteiger partial charge is 0.497 e. The van der Waals surface area contributed by atoms with Crippen LogP contribution in [-0.2, 0) is 9.59 Å². The van der Waals surface area contributed by atoms with Crippen LogP contribution in [-0.4, -0.2) is 42.6 Å². The van der Waals surface area contributed by atoms with E-state index in [1.165, 1.54) is 43.1 Å². The normalized spacial score (nSPS) is 15.3. The van der Waals surface area contributed by atoms with Gasteiger partial charge in [0.2, 0.25) is 5.91 Å². The lowest BCUT2D eigenvalue weighted by Crippen LogP contribution is -2.41. The Labute approximate surface area is 146 Å². The van der Waals surface area contributed by atoms with Gasteiger partial charge in [0.05, 0.1) is 26.1 Å². The number of thioether (sulfide) groups is 1. The number of carbonyl (C=O) groups excluding carboxylic acids is 2. The average molecular weight is 375 g/mol. The van der Waals surface area contributed by atoms with E-state index in [-0.39, 0.29) is 6.42 Å². The number of nitrogens with one attached hydrogen (secondary N) is 2. The molecule has 0 radical (unpaired) electrons. The van der Waals surface area contributed by atoms with Crippen molar-refractivity contribution in [3.05, 3.63) is 29.8 Å². The molecule has 136 valence electrons. The highest BCUT2D eigenvalue weighted by molar-refractivity contribution is 8.14. The van der Waals surface area contributed by atoms with Gasteiger partial charge in [0.15, 0.2) is 5.17 Å². The van der Waals surface area contributed by atoms with Crippen LogP contribution in [0.15, 0.2) is 29.3 Å². The molecule has 0 saturated carbocycles. The molecule has 2 rings (SSSR count). The molecule has 1 aliphatic heterocycles. The summed E-state index contributed by atoms with van der Waals surface area (Å²) in [5.74, 6) is -1.39. The van der Waals surface area contributed by atoms with Crippen LogP contribution >= 0.6 is 11.8 Å². The Bertz CT molecular complexity index is 662. The van der Waals surface area contributed by atoms with Gasteiger partial charge in [-0.15, -0.1) is 0 Å². The van der Waals surface area contributed by atoms with Crippen molar-refractivity contribution < 1.29 is 27.5 Å². The smallest absolute Gasteiger partial charge is 0.471 e. The number of hydrogen-bond donors (Lipinski definition) is 2. The number of hydrogen-bond acceptors (Lipinski definition) is 5. The molecule has 2 N–H and O–H groups in total. The lowest BCUT2D eigenvalue weighted by molar-refractivity contribution is -0.174. The van der Waals surface area contributed by atoms with Gasteiger partial charge in [-0.1, -0.05) is 23.9 Å². The fraction of sp³-hybridized carbons (Fsp3) is 0.400. The van der Waals surface area contributed by atoms with E-state index in [1.807, 2.05) is 5.32 Å². The molecule has 1 aromatic carbocycles. The number of methoxy groups -OCH3 is 1. The fourth-order valence-electron chi connectivity index (χ4n) is 2.09. The van der Waals surface area contributed by atoms with E-state index in [9.17, 15) is 22.8 Å². The number of aliphatic imine (C=N–C) groups is 1. The maximum atomic E-state index is 12.6. The minimum atomic E-state index is -5.04. The summed E-state index contributed by atoms with van der Waals surface area (Å²) in [4.78, 5) is 27.4. The number of alkyl halides is 3. The van der Waals surface area contributed by atoms with E-state index < -0.39 is 24.0 Å². The Balaban J connectivity index is 2.12. The number of amidine groups is 1. The zero-order valence-electron chi connectivity index (χ0n) is 13.2. The van der Waals surface area contributed by atoms with Crippen molar-refractivity contribution >= 4 is 28.7 Å². The summed E-state index contributed by atoms with van der Waals surface area (Å²) in [7, 11) is 1.45. The van der Waals surface area contributed by atoms with E-state index in [0.29, 0.717) is 23.0 Å². The quantitative estimate of drug-likeness (QED) is 0.825. The summed E-state index contributed by atoms with van der Waals surface area (Å²) < 4.78 is 42.7. The van der Waals surface area contributed by atoms with Gasteiger partial charge in [0.25, 0.3) is 0 Å². The van der Waals surface area contributed by atoms with Gasteiger partial charge in [-0.3, -0.25) is 14.6 Å². The molecule has 0 saturated heterocycles. The summed E-state index contributed by atoms with van der Waals surface area (Å²) in [6, 6.07) is 4.94. The van der Waals surface area contributed by atoms with E-state index in [2.05, 4.69) is 10.3 Å². The van der Waals surface area contributed by atoms with Gasteiger partial charge < -0.3 is 15.4 Å². The minimum absolute atomic E-state index is 0.353. The number of amides is 2. The highest BCUT2D eigenvalue weighted by Gasteiger charge is 2.40. The predicted octanol–water partition coefficient (Wildman–Crippen LogP) is 2.02. The molecule has 0 aliphatic carbocycles. The van der Waals surface area contributed by atoms with Crippen molar-refractivity contribution in [3.63, 3.8) is 0 Å². The van der Waals surface area contributed by atoms with Crippen LogP contribution in [0.1, 0.15) is 18.0 Å². The van der Waals surface area contributed by atoms with E-state index >= 15 is 0 Å². The summed E-state index contributed by atoms with van der Waals surface area (Å²) >= 11 is 1.35. The molecule has 0 fully saturated rings. The van der Waals surface area contributed by atoms with E-state index in [1.54, 1.807) is 0 Å². The van der Waals surface area contributed by atoms with Crippen LogP contribution in [0.4, 0.5) is 13.2 Å². The Morgan fingerprint density at radius 1 is 1.32 bits per heavy atom. The monoisotopic (exact) mass is 375 g/mol. The molecule has 0 aromatic heterocycles. The molecular formula is C15H16F3N3O3S. The van der Waals surface area contributed by atoms with Crippen molar-refractivity contribution in [2.24, 2.45) is 4.99 Å². The number of nitrogens with zero attached hydrogens (tertiary/aromatic N) is 1. The van der Waals surface area contributed by atoms with Crippen molar-refractivity contribution in [3.8, 4) is 5.75 Å². The Morgan fingerprint density at radius 2 is 2.00 bits per heavy atom. The molecule has 0 spiro atoms. The SMILES string of the molecule is COc1ccc(C(CC(=O)NC2=NCCS2)NC(=O)C(F)(F)F)cc1. The second-order valence-corrected chi connectivity index (χ2v) is 6.17. The number of carbonyl (C=O) groups is 2. The third-order valence-electron chi connectivity index (χ3n) is 3.30. The van der Waals surface area contributed by atoms with Crippen molar-refractivity contribution in [1.82, 2.24) is 10.6 Å². The predicted molar refractivity (Wildman–Crippen MR) is 87.5 cm³/mol. The molecule has 10 heteroatoms. The molecule has 25 heavy (non-hydrogen) atoms. The first-order valence-electron chi connectivity index (χ1n) is 7.28. The summed E-state index contributed by atoms with van der Waals surface area (Å²) in [6.07, 6.45) is -5.39. The highest BCUT2D eigenvalue weighted by Crippen LogP contribution is 2.23. The minimum Gasteiger partial charge on any atom is -0.497 e. The number of halogens is 3. The maximum absolute atomic E-state index is 12.6. The second kappa shape index (κ2) is 8.24. The summed E-state index contributed by atoms with van der Waals surface area (Å²) in [5.41, 5.74) is 0.356. The van der Waals surface area contributed by atoms with Crippen molar-refractivity contribution in [2.45, 2.75) is 18.6 Å². The number of benzene rings is 1. The molecule has 1 atom stereocenters. The molecule has 0 bridgehead atoms. The molecular weight excluding hydrogens is 359 g/mol. The van der Waals surface area contributed by atoms with Crippen LogP contribution < -0.4 is 15.4 Å². The zero-order chi connectivity index (χ0) is 18.4. The first-order chi connectivity index (χ1) is 11.8. The third kappa shape index (κ3) is 5.66. The van der Waals surface area contributed by atoms with Gasteiger partial charge >= 0.3 is 12.1 Å². The van der Waals surface area contributed by atoms with Gasteiger partial charge in [-0.2, -0.15) is 13.2 Å². The summed E-state index contributed by atoms with van der Waals surface area (Å²) in [6.45, 7) is 0.576. The van der Waals surface area contributed by atoms with E-state index in [0.717, 1.165) is 5.75 Å². The average Bonchev–Trinajstić information content (AvgIpc) is 3.06. The third-order valence-corrected chi connectivity index (χ3v) is 4.19. The maximum Gasteiger partial charge on any atom is 0.471 e. The van der Waals surface area contributed by atoms with Crippen LogP contribution in [0.3, 0.4) is 0 Å². The zero-order valence-corrected chi connectivity index (χ0v) is 14.0. The fourth-order valence-corrected chi connectivity index (χ4v) is 2.84. The number of ether oxygens (including phenoxy) is 1. The van der Waals surface area contributed by atoms with Crippen LogP contribution in [0, 0.1) is 0 Å². The Morgan fingerprint density at radius 3 is 2.52 bits per heavy atom. The van der Waals surface area contributed by atoms with E-state index in [4.69, 9.17) is 4.74 Å². The standard InChI is InChI=1S/C15H16F3N3O3S/c1-24-10-4-2-9(3-5-10)11(20-13(23)15(16,17)18)8-12(22)21-14-19-6-7-25-14/h2-5,11H,6-8H2,1H3,(H,20,23)(H,19,21,22). The molecule has 1 unspecified atom stereocenters. The molecule has 1 aromatic rings. The summed E-state index contributed by atoms with van der Waals surface area (Å²) in [5, 5.41) is 4.82. The van der Waals surface area contributed by atoms with Crippen molar-refractivity contribution in [1.29, 1.82) is 0 Å². The Hall–Kier alpha value is -2.23. The van der Waals surface area contributed by atoms with Crippen molar-refractivity contribution in [2.75, 3.05) is 19.4 Å². The van der Waals surface area contributed by atoms with Gasteiger partial charge in [0.1, 0.15) is 5.75 Å². The molecule has 6 nitrogen and oxygen atoms in total. The van der Waals surface area contributed by atoms with Crippen LogP contribution in [0.2, 0.25) is 0 Å². The molecule has 2 amide bonds. The second-order valence-electron chi connectivity index (χ2n) is 5.08. The highest BCUT2D eigenvalue weighted by atomic mass is 32.2. The lowest BCUT2D eigenvalue weighted by atomic mass is 10.0. The lowest BCUT2D eigenvalue weighted by Gasteiger charge is -2.20. The van der Waals surface area contributed by atoms with Gasteiger partial charge in [0, 0.05) is 5.75 Å². The first kappa shape index (κ1) is 19.1. The van der Waals surface area contributed by atoms with Crippen LogP contribution in [0.25, 0.3) is 0 Å². The molecule has 1 aliphatic rings. The van der Waals surface area contributed by atoms with Crippen LogP contribution in [0.5, 0.6) is 5.75 Å². The van der Waals surface area contributed by atoms with Gasteiger partial charge in [-0.05, 0) is 17.7 Å². The number of rotatable bonds is 5. The first-order valence-corrected chi connectivity index (χ1v) is 8.27. The Kier molecular flexibility index (Phi) is 6.29. The molecule has 1 heterocycles. The topological polar surface area (TPSA) is 79.8 Å². The van der Waals surface area contributed by atoms with Gasteiger partial charge in [-0.25, -0.2) is 0 Å².